The van der Waals surface area contributed by atoms with Crippen molar-refractivity contribution in [2.24, 2.45) is 0 Å². The molecule has 2 aromatic carbocycles. The standard InChI is InChI=1S/C19H17N3O5/c23-18-11-27-12-19(24)21(18)15-5-6-16(17(9-15)22(25)26)20-8-7-13-3-1-2-4-14(13)10-20/h1-6,9H,7-8,10-12H2. The van der Waals surface area contributed by atoms with E-state index in [2.05, 4.69) is 6.07 Å². The van der Waals surface area contributed by atoms with Crippen LogP contribution in [0.15, 0.2) is 42.5 Å². The third-order valence-corrected chi connectivity index (χ3v) is 4.84. The van der Waals surface area contributed by atoms with Crippen LogP contribution in [-0.2, 0) is 27.3 Å². The molecule has 0 bridgehead atoms. The molecule has 0 N–H and O–H groups in total. The van der Waals surface area contributed by atoms with Crippen molar-refractivity contribution in [2.75, 3.05) is 29.6 Å². The molecule has 2 aliphatic rings. The topological polar surface area (TPSA) is 93.0 Å². The molecule has 0 saturated carbocycles. The van der Waals surface area contributed by atoms with Gasteiger partial charge in [-0.1, -0.05) is 24.3 Å². The molecular weight excluding hydrogens is 350 g/mol. The van der Waals surface area contributed by atoms with Gasteiger partial charge in [-0.15, -0.1) is 0 Å². The van der Waals surface area contributed by atoms with Gasteiger partial charge in [-0.05, 0) is 29.7 Å². The zero-order valence-electron chi connectivity index (χ0n) is 14.5. The highest BCUT2D eigenvalue weighted by Gasteiger charge is 2.31. The maximum absolute atomic E-state index is 12.0. The lowest BCUT2D eigenvalue weighted by Gasteiger charge is -2.31. The molecule has 2 aliphatic heterocycles. The van der Waals surface area contributed by atoms with Crippen LogP contribution in [0.2, 0.25) is 0 Å². The Morgan fingerprint density at radius 3 is 2.41 bits per heavy atom. The number of nitro groups is 1. The SMILES string of the molecule is O=C1COCC(=O)N1c1ccc(N2CCc3ccccc3C2)c([N+](=O)[O-])c1. The van der Waals surface area contributed by atoms with E-state index in [9.17, 15) is 19.7 Å². The van der Waals surface area contributed by atoms with Crippen LogP contribution in [0.25, 0.3) is 0 Å². The lowest BCUT2D eigenvalue weighted by Crippen LogP contribution is -2.46. The zero-order valence-corrected chi connectivity index (χ0v) is 14.5. The van der Waals surface area contributed by atoms with Crippen molar-refractivity contribution < 1.29 is 19.2 Å². The molecule has 0 radical (unpaired) electrons. The van der Waals surface area contributed by atoms with Crippen molar-refractivity contribution in [1.82, 2.24) is 0 Å². The Bertz CT molecular complexity index is 927. The zero-order chi connectivity index (χ0) is 19.0. The van der Waals surface area contributed by atoms with Crippen molar-refractivity contribution in [1.29, 1.82) is 0 Å². The number of carbonyl (C=O) groups is 2. The Kier molecular flexibility index (Phi) is 4.33. The maximum atomic E-state index is 12.0. The molecule has 27 heavy (non-hydrogen) atoms. The van der Waals surface area contributed by atoms with Gasteiger partial charge in [0, 0.05) is 19.2 Å². The van der Waals surface area contributed by atoms with Gasteiger partial charge >= 0.3 is 0 Å². The molecule has 0 unspecified atom stereocenters. The number of hydrogen-bond donors (Lipinski definition) is 0. The summed E-state index contributed by atoms with van der Waals surface area (Å²) in [4.78, 5) is 38.1. The predicted molar refractivity (Wildman–Crippen MR) is 97.6 cm³/mol. The lowest BCUT2D eigenvalue weighted by atomic mass is 9.99. The van der Waals surface area contributed by atoms with Gasteiger partial charge in [0.05, 0.1) is 10.6 Å². The summed E-state index contributed by atoms with van der Waals surface area (Å²) in [6.07, 6.45) is 0.801. The van der Waals surface area contributed by atoms with Crippen LogP contribution in [0.3, 0.4) is 0 Å². The molecule has 1 saturated heterocycles. The summed E-state index contributed by atoms with van der Waals surface area (Å²) in [5.41, 5.74) is 2.93. The van der Waals surface area contributed by atoms with Crippen LogP contribution in [0.5, 0.6) is 0 Å². The molecule has 8 nitrogen and oxygen atoms in total. The lowest BCUT2D eigenvalue weighted by molar-refractivity contribution is -0.384. The average molecular weight is 367 g/mol. The molecule has 0 spiro atoms. The van der Waals surface area contributed by atoms with Crippen molar-refractivity contribution in [3.05, 3.63) is 63.7 Å². The third-order valence-electron chi connectivity index (χ3n) is 4.84. The first-order valence-electron chi connectivity index (χ1n) is 8.58. The number of morpholine rings is 1. The van der Waals surface area contributed by atoms with Gasteiger partial charge in [-0.3, -0.25) is 19.7 Å². The van der Waals surface area contributed by atoms with E-state index in [4.69, 9.17) is 4.74 Å². The first-order chi connectivity index (χ1) is 13.0. The number of ether oxygens (including phenoxy) is 1. The molecule has 2 heterocycles. The second-order valence-electron chi connectivity index (χ2n) is 6.49. The molecule has 0 atom stereocenters. The summed E-state index contributed by atoms with van der Waals surface area (Å²) in [6.45, 7) is 0.798. The van der Waals surface area contributed by atoms with E-state index in [1.807, 2.05) is 23.1 Å². The Morgan fingerprint density at radius 2 is 1.70 bits per heavy atom. The summed E-state index contributed by atoms with van der Waals surface area (Å²) >= 11 is 0. The van der Waals surface area contributed by atoms with Gasteiger partial charge in [0.2, 0.25) is 0 Å². The number of rotatable bonds is 3. The Labute approximate surface area is 155 Å². The molecule has 4 rings (SSSR count). The normalized spacial score (nSPS) is 17.0. The van der Waals surface area contributed by atoms with E-state index >= 15 is 0 Å². The highest BCUT2D eigenvalue weighted by Crippen LogP contribution is 2.35. The van der Waals surface area contributed by atoms with Crippen LogP contribution in [0, 0.1) is 10.1 Å². The summed E-state index contributed by atoms with van der Waals surface area (Å²) in [6, 6.07) is 12.5. The van der Waals surface area contributed by atoms with E-state index in [1.54, 1.807) is 12.1 Å². The number of anilines is 2. The fourth-order valence-corrected chi connectivity index (χ4v) is 3.55. The van der Waals surface area contributed by atoms with Crippen molar-refractivity contribution in [2.45, 2.75) is 13.0 Å². The Morgan fingerprint density at radius 1 is 1.00 bits per heavy atom. The number of nitrogens with zero attached hydrogens (tertiary/aromatic N) is 3. The van der Waals surface area contributed by atoms with Gasteiger partial charge < -0.3 is 9.64 Å². The number of amides is 2. The quantitative estimate of drug-likeness (QED) is 0.468. The molecule has 2 aromatic rings. The number of fused-ring (bicyclic) bond motifs is 1. The number of carbonyl (C=O) groups excluding carboxylic acids is 2. The minimum absolute atomic E-state index is 0.126. The van der Waals surface area contributed by atoms with Gasteiger partial charge in [-0.25, -0.2) is 4.90 Å². The number of benzene rings is 2. The minimum Gasteiger partial charge on any atom is -0.362 e. The Hall–Kier alpha value is -3.26. The van der Waals surface area contributed by atoms with Crippen molar-refractivity contribution in [3.8, 4) is 0 Å². The van der Waals surface area contributed by atoms with Crippen molar-refractivity contribution >= 4 is 28.9 Å². The van der Waals surface area contributed by atoms with Crippen LogP contribution < -0.4 is 9.80 Å². The number of nitro benzene ring substituents is 1. The smallest absolute Gasteiger partial charge is 0.294 e. The fourth-order valence-electron chi connectivity index (χ4n) is 3.55. The van der Waals surface area contributed by atoms with E-state index in [-0.39, 0.29) is 24.6 Å². The summed E-state index contributed by atoms with van der Waals surface area (Å²) < 4.78 is 4.89. The van der Waals surface area contributed by atoms with E-state index in [1.165, 1.54) is 11.6 Å². The molecule has 2 amide bonds. The van der Waals surface area contributed by atoms with E-state index in [0.29, 0.717) is 18.8 Å². The van der Waals surface area contributed by atoms with Crippen molar-refractivity contribution in [3.63, 3.8) is 0 Å². The summed E-state index contributed by atoms with van der Waals surface area (Å²) in [5.74, 6) is -1.06. The van der Waals surface area contributed by atoms with Crippen LogP contribution in [0.4, 0.5) is 17.1 Å². The van der Waals surface area contributed by atoms with Crippen LogP contribution >= 0.6 is 0 Å². The minimum atomic E-state index is -0.528. The first-order valence-corrected chi connectivity index (χ1v) is 8.58. The van der Waals surface area contributed by atoms with E-state index < -0.39 is 16.7 Å². The van der Waals surface area contributed by atoms with Crippen LogP contribution in [0.1, 0.15) is 11.1 Å². The molecule has 138 valence electrons. The Balaban J connectivity index is 1.69. The highest BCUT2D eigenvalue weighted by atomic mass is 16.6. The maximum Gasteiger partial charge on any atom is 0.294 e. The third kappa shape index (κ3) is 3.15. The second-order valence-corrected chi connectivity index (χ2v) is 6.49. The number of hydrogen-bond acceptors (Lipinski definition) is 6. The van der Waals surface area contributed by atoms with Gasteiger partial charge in [0.15, 0.2) is 0 Å². The van der Waals surface area contributed by atoms with Gasteiger partial charge in [0.1, 0.15) is 18.9 Å². The average Bonchev–Trinajstić information content (AvgIpc) is 2.67. The van der Waals surface area contributed by atoms with Gasteiger partial charge in [-0.2, -0.15) is 0 Å². The molecule has 1 fully saturated rings. The van der Waals surface area contributed by atoms with Gasteiger partial charge in [0.25, 0.3) is 17.5 Å². The van der Waals surface area contributed by atoms with Crippen LogP contribution in [-0.4, -0.2) is 36.5 Å². The summed E-state index contributed by atoms with van der Waals surface area (Å²) in [5, 5.41) is 11.7. The largest absolute Gasteiger partial charge is 0.362 e. The van der Waals surface area contributed by atoms with E-state index in [0.717, 1.165) is 16.9 Å². The highest BCUT2D eigenvalue weighted by molar-refractivity contribution is 6.17. The molecular formula is C19H17N3O5. The second kappa shape index (κ2) is 6.81. The molecule has 0 aliphatic carbocycles. The monoisotopic (exact) mass is 367 g/mol. The fraction of sp³-hybridized carbons (Fsp3) is 0.263. The first kappa shape index (κ1) is 17.2. The summed E-state index contributed by atoms with van der Waals surface area (Å²) in [7, 11) is 0. The predicted octanol–water partition coefficient (Wildman–Crippen LogP) is 2.05. The molecule has 0 aromatic heterocycles. The molecule has 8 heteroatoms. The number of imide groups is 1.